The van der Waals surface area contributed by atoms with Gasteiger partial charge in [0.2, 0.25) is 11.9 Å². The van der Waals surface area contributed by atoms with Crippen molar-refractivity contribution in [3.63, 3.8) is 0 Å². The number of thioether (sulfide) groups is 1. The molecule has 31 heavy (non-hydrogen) atoms. The number of nitrogens with one attached hydrogen (secondary N) is 1. The molecule has 2 fully saturated rings. The standard InChI is InChI=1S/C19H22N8O3S/c1-25(9-10-28)15-12-13(11-14-16(29)24-19(30)31-14)22-18(23-15)27-7-5-26(6-8-27)17-20-3-2-4-21-17/h2-4,11-12,28H,5-10H2,1H3,(H,24,29,30)/b14-11-. The molecule has 0 aliphatic carbocycles. The van der Waals surface area contributed by atoms with Crippen LogP contribution in [0.1, 0.15) is 5.69 Å². The number of aromatic nitrogens is 4. The van der Waals surface area contributed by atoms with E-state index in [0.717, 1.165) is 11.8 Å². The monoisotopic (exact) mass is 442 g/mol. The van der Waals surface area contributed by atoms with Crippen LogP contribution in [0.25, 0.3) is 6.08 Å². The molecule has 2 N–H and O–H groups in total. The van der Waals surface area contributed by atoms with Gasteiger partial charge < -0.3 is 19.8 Å². The Morgan fingerprint density at radius 3 is 2.42 bits per heavy atom. The van der Waals surface area contributed by atoms with Crippen LogP contribution in [-0.4, -0.2) is 82.6 Å². The van der Waals surface area contributed by atoms with Gasteiger partial charge in [-0.3, -0.25) is 14.9 Å². The Kier molecular flexibility index (Phi) is 6.28. The summed E-state index contributed by atoms with van der Waals surface area (Å²) in [5.41, 5.74) is 0.519. The third-order valence-electron chi connectivity index (χ3n) is 4.87. The predicted molar refractivity (Wildman–Crippen MR) is 118 cm³/mol. The van der Waals surface area contributed by atoms with E-state index < -0.39 is 11.1 Å². The molecule has 0 radical (unpaired) electrons. The van der Waals surface area contributed by atoms with Gasteiger partial charge in [0.1, 0.15) is 5.82 Å². The molecule has 0 unspecified atom stereocenters. The fourth-order valence-electron chi connectivity index (χ4n) is 3.23. The number of rotatable bonds is 6. The number of carbonyl (C=O) groups is 2. The van der Waals surface area contributed by atoms with E-state index in [1.165, 1.54) is 0 Å². The predicted octanol–water partition coefficient (Wildman–Crippen LogP) is 0.346. The summed E-state index contributed by atoms with van der Waals surface area (Å²) in [6.45, 7) is 3.17. The Hall–Kier alpha value is -3.25. The van der Waals surface area contributed by atoms with Crippen molar-refractivity contribution in [1.29, 1.82) is 0 Å². The van der Waals surface area contributed by atoms with Gasteiger partial charge in [-0.05, 0) is 23.9 Å². The Morgan fingerprint density at radius 2 is 1.81 bits per heavy atom. The summed E-state index contributed by atoms with van der Waals surface area (Å²) >= 11 is 0.846. The molecule has 0 atom stereocenters. The minimum absolute atomic E-state index is 0.0191. The first-order valence-corrected chi connectivity index (χ1v) is 10.6. The number of nitrogens with zero attached hydrogens (tertiary/aromatic N) is 7. The number of amides is 2. The van der Waals surface area contributed by atoms with Crippen LogP contribution in [0.3, 0.4) is 0 Å². The number of carbonyl (C=O) groups excluding carboxylic acids is 2. The van der Waals surface area contributed by atoms with Crippen molar-refractivity contribution in [3.05, 3.63) is 35.1 Å². The lowest BCUT2D eigenvalue weighted by molar-refractivity contribution is -0.115. The molecule has 0 spiro atoms. The van der Waals surface area contributed by atoms with Crippen molar-refractivity contribution in [2.75, 3.05) is 61.1 Å². The van der Waals surface area contributed by atoms with Crippen molar-refractivity contribution in [3.8, 4) is 0 Å². The maximum Gasteiger partial charge on any atom is 0.290 e. The normalized spacial score (nSPS) is 17.9. The van der Waals surface area contributed by atoms with Crippen molar-refractivity contribution < 1.29 is 14.7 Å². The van der Waals surface area contributed by atoms with E-state index >= 15 is 0 Å². The van der Waals surface area contributed by atoms with E-state index in [4.69, 9.17) is 0 Å². The van der Waals surface area contributed by atoms with Gasteiger partial charge in [-0.1, -0.05) is 0 Å². The lowest BCUT2D eigenvalue weighted by Gasteiger charge is -2.35. The smallest absolute Gasteiger partial charge is 0.290 e. The third-order valence-corrected chi connectivity index (χ3v) is 5.68. The number of hydrogen-bond donors (Lipinski definition) is 2. The molecule has 2 aromatic heterocycles. The summed E-state index contributed by atoms with van der Waals surface area (Å²) in [6, 6.07) is 3.52. The number of likely N-dealkylation sites (N-methyl/N-ethyl adjacent to an activating group) is 1. The van der Waals surface area contributed by atoms with Crippen LogP contribution < -0.4 is 20.0 Å². The molecule has 2 saturated heterocycles. The SMILES string of the molecule is CN(CCO)c1cc(/C=C2\SC(=O)NC2=O)nc(N2CCN(c3ncccn3)CC2)n1. The number of imide groups is 1. The quantitative estimate of drug-likeness (QED) is 0.601. The third kappa shape index (κ3) is 4.91. The largest absolute Gasteiger partial charge is 0.395 e. The van der Waals surface area contributed by atoms with Gasteiger partial charge in [-0.25, -0.2) is 15.0 Å². The molecule has 0 saturated carbocycles. The number of anilines is 3. The zero-order valence-corrected chi connectivity index (χ0v) is 17.7. The van der Waals surface area contributed by atoms with Gasteiger partial charge in [-0.15, -0.1) is 0 Å². The lowest BCUT2D eigenvalue weighted by Crippen LogP contribution is -2.47. The van der Waals surface area contributed by atoms with Gasteiger partial charge in [0.25, 0.3) is 11.1 Å². The Morgan fingerprint density at radius 1 is 1.13 bits per heavy atom. The second-order valence-electron chi connectivity index (χ2n) is 6.97. The highest BCUT2D eigenvalue weighted by atomic mass is 32.2. The van der Waals surface area contributed by atoms with Gasteiger partial charge in [0.15, 0.2) is 0 Å². The highest BCUT2D eigenvalue weighted by Gasteiger charge is 2.26. The summed E-state index contributed by atoms with van der Waals surface area (Å²) < 4.78 is 0. The van der Waals surface area contributed by atoms with Gasteiger partial charge in [-0.2, -0.15) is 4.98 Å². The molecule has 4 heterocycles. The molecule has 162 valence electrons. The number of aliphatic hydroxyl groups excluding tert-OH is 1. The molecular formula is C19H22N8O3S. The van der Waals surface area contributed by atoms with Gasteiger partial charge in [0.05, 0.1) is 17.2 Å². The number of aliphatic hydroxyl groups is 1. The fraction of sp³-hybridized carbons (Fsp3) is 0.368. The first-order chi connectivity index (χ1) is 15.0. The average molecular weight is 443 g/mol. The average Bonchev–Trinajstić information content (AvgIpc) is 3.11. The van der Waals surface area contributed by atoms with E-state index in [2.05, 4.69) is 35.1 Å². The Balaban J connectivity index is 1.58. The Bertz CT molecular complexity index is 995. The van der Waals surface area contributed by atoms with E-state index in [0.29, 0.717) is 56.1 Å². The molecule has 4 rings (SSSR count). The molecule has 11 nitrogen and oxygen atoms in total. The molecular weight excluding hydrogens is 420 g/mol. The van der Waals surface area contributed by atoms with E-state index in [-0.39, 0.29) is 11.5 Å². The maximum absolute atomic E-state index is 11.9. The van der Waals surface area contributed by atoms with Crippen molar-refractivity contribution >= 4 is 46.7 Å². The van der Waals surface area contributed by atoms with Crippen LogP contribution in [0.5, 0.6) is 0 Å². The van der Waals surface area contributed by atoms with E-state index in [1.54, 1.807) is 30.6 Å². The molecule has 2 aliphatic rings. The topological polar surface area (TPSA) is 128 Å². The first kappa shape index (κ1) is 21.0. The number of hydrogen-bond acceptors (Lipinski definition) is 11. The first-order valence-electron chi connectivity index (χ1n) is 9.76. The van der Waals surface area contributed by atoms with Gasteiger partial charge >= 0.3 is 0 Å². The fourth-order valence-corrected chi connectivity index (χ4v) is 3.90. The van der Waals surface area contributed by atoms with Crippen molar-refractivity contribution in [2.24, 2.45) is 0 Å². The minimum Gasteiger partial charge on any atom is -0.395 e. The Labute approximate surface area is 183 Å². The van der Waals surface area contributed by atoms with Gasteiger partial charge in [0, 0.05) is 58.2 Å². The summed E-state index contributed by atoms with van der Waals surface area (Å²) in [4.78, 5) is 47.6. The van der Waals surface area contributed by atoms with Crippen molar-refractivity contribution in [2.45, 2.75) is 0 Å². The maximum atomic E-state index is 11.9. The molecule has 12 heteroatoms. The minimum atomic E-state index is -0.433. The number of piperazine rings is 1. The highest BCUT2D eigenvalue weighted by Crippen LogP contribution is 2.27. The summed E-state index contributed by atoms with van der Waals surface area (Å²) in [7, 11) is 1.82. The van der Waals surface area contributed by atoms with Crippen LogP contribution >= 0.6 is 11.8 Å². The van der Waals surface area contributed by atoms with E-state index in [9.17, 15) is 14.7 Å². The van der Waals surface area contributed by atoms with Crippen LogP contribution in [0.15, 0.2) is 29.4 Å². The molecule has 0 aromatic carbocycles. The second kappa shape index (κ2) is 9.27. The zero-order valence-electron chi connectivity index (χ0n) is 16.9. The van der Waals surface area contributed by atoms with Crippen LogP contribution in [0, 0.1) is 0 Å². The zero-order chi connectivity index (χ0) is 21.8. The van der Waals surface area contributed by atoms with E-state index in [1.807, 2.05) is 11.9 Å². The van der Waals surface area contributed by atoms with Crippen molar-refractivity contribution in [1.82, 2.24) is 25.3 Å². The van der Waals surface area contributed by atoms with Crippen LogP contribution in [0.4, 0.5) is 22.5 Å². The molecule has 2 aromatic rings. The summed E-state index contributed by atoms with van der Waals surface area (Å²) in [5, 5.41) is 11.1. The molecule has 0 bridgehead atoms. The highest BCUT2D eigenvalue weighted by molar-refractivity contribution is 8.18. The molecule has 2 amide bonds. The van der Waals surface area contributed by atoms with Crippen LogP contribution in [0.2, 0.25) is 0 Å². The summed E-state index contributed by atoms with van der Waals surface area (Å²) in [5.74, 6) is 1.41. The second-order valence-corrected chi connectivity index (χ2v) is 7.99. The lowest BCUT2D eigenvalue weighted by atomic mass is 10.3. The summed E-state index contributed by atoms with van der Waals surface area (Å²) in [6.07, 6.45) is 5.03. The molecule has 2 aliphatic heterocycles. The van der Waals surface area contributed by atoms with Crippen LogP contribution in [-0.2, 0) is 4.79 Å².